The van der Waals surface area contributed by atoms with Crippen LogP contribution in [0.2, 0.25) is 0 Å². The molecule has 3 rings (SSSR count). The Bertz CT molecular complexity index is 1160. The second-order valence-electron chi connectivity index (χ2n) is 6.90. The Balaban J connectivity index is 2.50. The maximum atomic E-state index is 15.0. The zero-order chi connectivity index (χ0) is 24.6. The summed E-state index contributed by atoms with van der Waals surface area (Å²) in [6.07, 6.45) is -5.18. The fraction of sp³-hybridized carbons (Fsp3) is 0.143. The van der Waals surface area contributed by atoms with Crippen molar-refractivity contribution in [2.45, 2.75) is 11.6 Å². The van der Waals surface area contributed by atoms with Crippen LogP contribution in [-0.4, -0.2) is 33.3 Å². The summed E-state index contributed by atoms with van der Waals surface area (Å²) in [6, 6.07) is 8.92. The van der Waals surface area contributed by atoms with Crippen molar-refractivity contribution in [1.29, 1.82) is 0 Å². The van der Waals surface area contributed by atoms with Gasteiger partial charge in [0.05, 0.1) is 17.0 Å². The molecule has 0 spiro atoms. The zero-order valence-corrected chi connectivity index (χ0v) is 16.7. The maximum absolute atomic E-state index is 15.0. The number of aromatic hydroxyl groups is 2. The Morgan fingerprint density at radius 3 is 1.48 bits per heavy atom. The highest BCUT2D eigenvalue weighted by Gasteiger charge is 2.59. The average molecular weight is 464 g/mol. The van der Waals surface area contributed by atoms with E-state index in [0.29, 0.717) is 12.1 Å². The summed E-state index contributed by atoms with van der Waals surface area (Å²) in [6.45, 7) is 0. The lowest BCUT2D eigenvalue weighted by Gasteiger charge is -2.37. The lowest BCUT2D eigenvalue weighted by Crippen LogP contribution is -2.44. The first-order valence-electron chi connectivity index (χ1n) is 9.10. The predicted molar refractivity (Wildman–Crippen MR) is 108 cm³/mol. The SMILES string of the molecule is COc1ccc(C(c2ccc(O)c([N+](=O)[O-])c2)(c2ccc(O)c([N+](=O)[O-])c2)C(F)(F)F)cc1. The van der Waals surface area contributed by atoms with E-state index in [9.17, 15) is 43.6 Å². The normalized spacial score (nSPS) is 11.8. The maximum Gasteiger partial charge on any atom is 0.406 e. The van der Waals surface area contributed by atoms with Crippen molar-refractivity contribution in [3.8, 4) is 17.2 Å². The number of nitro benzene ring substituents is 2. The van der Waals surface area contributed by atoms with Gasteiger partial charge in [0.2, 0.25) is 0 Å². The van der Waals surface area contributed by atoms with E-state index in [1.54, 1.807) is 0 Å². The standard InChI is InChI=1S/C21H15F3N2O7/c1-33-15-6-2-12(3-7-15)20(21(22,23)24,13-4-8-18(27)16(10-13)25(29)30)14-5-9-19(28)17(11-14)26(31)32/h2-11,27-28H,1H3. The van der Waals surface area contributed by atoms with Gasteiger partial charge in [0, 0.05) is 12.1 Å². The van der Waals surface area contributed by atoms with Gasteiger partial charge >= 0.3 is 17.6 Å². The third kappa shape index (κ3) is 3.86. The molecule has 0 heterocycles. The van der Waals surface area contributed by atoms with E-state index < -0.39 is 61.0 Å². The van der Waals surface area contributed by atoms with Crippen molar-refractivity contribution in [3.05, 3.63) is 97.6 Å². The molecule has 0 aromatic heterocycles. The third-order valence-electron chi connectivity index (χ3n) is 5.16. The smallest absolute Gasteiger partial charge is 0.406 e. The van der Waals surface area contributed by atoms with E-state index in [0.717, 1.165) is 36.4 Å². The fourth-order valence-electron chi connectivity index (χ4n) is 3.64. The number of nitro groups is 2. The molecule has 0 aliphatic heterocycles. The highest BCUT2D eigenvalue weighted by Crippen LogP contribution is 2.53. The van der Waals surface area contributed by atoms with Gasteiger partial charge in [-0.05, 0) is 41.0 Å². The van der Waals surface area contributed by atoms with Gasteiger partial charge in [-0.15, -0.1) is 0 Å². The van der Waals surface area contributed by atoms with Gasteiger partial charge in [-0.1, -0.05) is 24.3 Å². The van der Waals surface area contributed by atoms with Crippen LogP contribution in [0.5, 0.6) is 17.2 Å². The van der Waals surface area contributed by atoms with Gasteiger partial charge in [-0.3, -0.25) is 20.2 Å². The third-order valence-corrected chi connectivity index (χ3v) is 5.16. The van der Waals surface area contributed by atoms with E-state index in [1.807, 2.05) is 0 Å². The second-order valence-corrected chi connectivity index (χ2v) is 6.90. The molecule has 9 nitrogen and oxygen atoms in total. The molecule has 0 bridgehead atoms. The van der Waals surface area contributed by atoms with Crippen LogP contribution in [0.3, 0.4) is 0 Å². The van der Waals surface area contributed by atoms with Crippen LogP contribution in [-0.2, 0) is 5.41 Å². The second kappa shape index (κ2) is 8.30. The number of alkyl halides is 3. The number of ether oxygens (including phenoxy) is 1. The molecule has 0 unspecified atom stereocenters. The van der Waals surface area contributed by atoms with Gasteiger partial charge in [-0.2, -0.15) is 13.2 Å². The zero-order valence-electron chi connectivity index (χ0n) is 16.7. The highest BCUT2D eigenvalue weighted by atomic mass is 19.4. The summed E-state index contributed by atoms with van der Waals surface area (Å²) in [4.78, 5) is 20.5. The molecule has 3 aromatic rings. The van der Waals surface area contributed by atoms with Crippen molar-refractivity contribution in [2.75, 3.05) is 7.11 Å². The molecule has 2 N–H and O–H groups in total. The van der Waals surface area contributed by atoms with Crippen LogP contribution < -0.4 is 4.74 Å². The Hall–Kier alpha value is -4.35. The first-order chi connectivity index (χ1) is 15.4. The molecule has 0 aliphatic carbocycles. The predicted octanol–water partition coefficient (Wildman–Crippen LogP) is 4.82. The van der Waals surface area contributed by atoms with Gasteiger partial charge in [0.15, 0.2) is 11.5 Å². The van der Waals surface area contributed by atoms with Crippen molar-refractivity contribution >= 4 is 11.4 Å². The summed E-state index contributed by atoms with van der Waals surface area (Å²) in [5.74, 6) is -1.49. The molecule has 0 radical (unpaired) electrons. The molecular formula is C21H15F3N2O7. The molecule has 0 aliphatic rings. The van der Waals surface area contributed by atoms with Crippen LogP contribution in [0.1, 0.15) is 16.7 Å². The van der Waals surface area contributed by atoms with Crippen molar-refractivity contribution < 1.29 is 38.0 Å². The van der Waals surface area contributed by atoms with Crippen molar-refractivity contribution in [2.24, 2.45) is 0 Å². The summed E-state index contributed by atoms with van der Waals surface area (Å²) < 4.78 is 49.9. The number of phenols is 2. The molecule has 172 valence electrons. The molecule has 0 amide bonds. The largest absolute Gasteiger partial charge is 0.502 e. The average Bonchev–Trinajstić information content (AvgIpc) is 2.75. The number of nitrogens with zero attached hydrogens (tertiary/aromatic N) is 2. The Labute approximate surface area is 183 Å². The number of hydrogen-bond acceptors (Lipinski definition) is 7. The molecule has 33 heavy (non-hydrogen) atoms. The van der Waals surface area contributed by atoms with Crippen LogP contribution >= 0.6 is 0 Å². The van der Waals surface area contributed by atoms with E-state index in [-0.39, 0.29) is 5.75 Å². The van der Waals surface area contributed by atoms with Crippen molar-refractivity contribution in [1.82, 2.24) is 0 Å². The number of rotatable bonds is 6. The number of methoxy groups -OCH3 is 1. The summed E-state index contributed by atoms with van der Waals surface area (Å²) >= 11 is 0. The van der Waals surface area contributed by atoms with E-state index in [2.05, 4.69) is 0 Å². The monoisotopic (exact) mass is 464 g/mol. The lowest BCUT2D eigenvalue weighted by atomic mass is 9.68. The molecule has 12 heteroatoms. The van der Waals surface area contributed by atoms with Crippen LogP contribution in [0.25, 0.3) is 0 Å². The minimum absolute atomic E-state index is 0.225. The van der Waals surface area contributed by atoms with Crippen molar-refractivity contribution in [3.63, 3.8) is 0 Å². The summed E-state index contributed by atoms with van der Waals surface area (Å²) in [7, 11) is 1.30. The van der Waals surface area contributed by atoms with Gasteiger partial charge in [-0.25, -0.2) is 0 Å². The first kappa shape index (κ1) is 23.3. The first-order valence-corrected chi connectivity index (χ1v) is 9.10. The van der Waals surface area contributed by atoms with Gasteiger partial charge in [0.25, 0.3) is 0 Å². The summed E-state index contributed by atoms with van der Waals surface area (Å²) in [5.41, 5.74) is -6.90. The Morgan fingerprint density at radius 1 is 0.758 bits per heavy atom. The molecular weight excluding hydrogens is 449 g/mol. The van der Waals surface area contributed by atoms with E-state index in [4.69, 9.17) is 4.74 Å². The van der Waals surface area contributed by atoms with Crippen LogP contribution in [0.15, 0.2) is 60.7 Å². The van der Waals surface area contributed by atoms with Gasteiger partial charge < -0.3 is 14.9 Å². The van der Waals surface area contributed by atoms with Crippen LogP contribution in [0.4, 0.5) is 24.5 Å². The Kier molecular flexibility index (Phi) is 5.86. The number of halogens is 3. The fourth-order valence-corrected chi connectivity index (χ4v) is 3.64. The Morgan fingerprint density at radius 2 is 1.15 bits per heavy atom. The summed E-state index contributed by atoms with van der Waals surface area (Å²) in [5, 5.41) is 42.2. The molecule has 0 fully saturated rings. The van der Waals surface area contributed by atoms with E-state index >= 15 is 0 Å². The highest BCUT2D eigenvalue weighted by molar-refractivity contribution is 5.61. The minimum Gasteiger partial charge on any atom is -0.502 e. The molecule has 3 aromatic carbocycles. The quantitative estimate of drug-likeness (QED) is 0.303. The molecule has 0 saturated carbocycles. The number of hydrogen-bond donors (Lipinski definition) is 2. The molecule has 0 atom stereocenters. The number of benzene rings is 3. The lowest BCUT2D eigenvalue weighted by molar-refractivity contribution is -0.386. The number of phenolic OH excluding ortho intramolecular Hbond substituents is 2. The van der Waals surface area contributed by atoms with Crippen LogP contribution in [0, 0.1) is 20.2 Å². The van der Waals surface area contributed by atoms with E-state index in [1.165, 1.54) is 19.2 Å². The topological polar surface area (TPSA) is 136 Å². The van der Waals surface area contributed by atoms with Gasteiger partial charge in [0.1, 0.15) is 11.2 Å². The minimum atomic E-state index is -5.18. The molecule has 0 saturated heterocycles.